The zero-order valence-electron chi connectivity index (χ0n) is 13.1. The van der Waals surface area contributed by atoms with Crippen LogP contribution in [0.25, 0.3) is 11.5 Å². The molecule has 124 valence electrons. The number of hydrogen-bond donors (Lipinski definition) is 0. The van der Waals surface area contributed by atoms with E-state index in [2.05, 4.69) is 10.2 Å². The fraction of sp³-hybridized carbons (Fsp3) is 0.353. The van der Waals surface area contributed by atoms with Gasteiger partial charge in [0.1, 0.15) is 6.26 Å². The Kier molecular flexibility index (Phi) is 4.17. The Balaban J connectivity index is 1.35. The number of piperidine rings is 1. The molecule has 7 heteroatoms. The number of likely N-dealkylation sites (tertiary alicyclic amines) is 1. The molecule has 1 fully saturated rings. The summed E-state index contributed by atoms with van der Waals surface area (Å²) in [6, 6.07) is 5.78. The van der Waals surface area contributed by atoms with Crippen LogP contribution in [0.1, 0.15) is 29.5 Å². The number of nitrogens with zero attached hydrogens (tertiary/aromatic N) is 3. The van der Waals surface area contributed by atoms with Gasteiger partial charge >= 0.3 is 0 Å². The average Bonchev–Trinajstić information content (AvgIpc) is 3.36. The van der Waals surface area contributed by atoms with E-state index in [1.807, 2.05) is 22.4 Å². The van der Waals surface area contributed by atoms with Crippen LogP contribution in [-0.4, -0.2) is 34.1 Å². The summed E-state index contributed by atoms with van der Waals surface area (Å²) >= 11 is 1.63. The molecule has 4 rings (SSSR count). The van der Waals surface area contributed by atoms with E-state index in [1.54, 1.807) is 29.9 Å². The third-order valence-electron chi connectivity index (χ3n) is 4.31. The minimum absolute atomic E-state index is 0.195. The van der Waals surface area contributed by atoms with Crippen molar-refractivity contribution in [2.45, 2.75) is 25.2 Å². The van der Waals surface area contributed by atoms with Gasteiger partial charge in [-0.3, -0.25) is 4.79 Å². The summed E-state index contributed by atoms with van der Waals surface area (Å²) < 4.78 is 10.8. The molecule has 0 bridgehead atoms. The van der Waals surface area contributed by atoms with Gasteiger partial charge in [0.25, 0.3) is 5.89 Å². The second kappa shape index (κ2) is 6.60. The first-order valence-electron chi connectivity index (χ1n) is 7.96. The maximum absolute atomic E-state index is 12.3. The lowest BCUT2D eigenvalue weighted by Crippen LogP contribution is -2.38. The Bertz CT molecular complexity index is 787. The van der Waals surface area contributed by atoms with E-state index in [9.17, 15) is 4.79 Å². The molecule has 1 amide bonds. The van der Waals surface area contributed by atoms with Crippen molar-refractivity contribution in [3.63, 3.8) is 0 Å². The van der Waals surface area contributed by atoms with Crippen molar-refractivity contribution in [2.24, 2.45) is 0 Å². The van der Waals surface area contributed by atoms with Crippen molar-refractivity contribution in [3.05, 3.63) is 46.9 Å². The fourth-order valence-corrected chi connectivity index (χ4v) is 3.65. The van der Waals surface area contributed by atoms with Crippen molar-refractivity contribution in [1.29, 1.82) is 0 Å². The predicted octanol–water partition coefficient (Wildman–Crippen LogP) is 3.34. The molecule has 0 spiro atoms. The van der Waals surface area contributed by atoms with Crippen molar-refractivity contribution < 1.29 is 13.6 Å². The third-order valence-corrected chi connectivity index (χ3v) is 5.19. The molecule has 1 aliphatic heterocycles. The highest BCUT2D eigenvalue weighted by molar-refractivity contribution is 7.10. The van der Waals surface area contributed by atoms with Crippen LogP contribution >= 0.6 is 11.3 Å². The van der Waals surface area contributed by atoms with Gasteiger partial charge in [-0.05, 0) is 30.4 Å². The number of carbonyl (C=O) groups excluding carboxylic acids is 1. The summed E-state index contributed by atoms with van der Waals surface area (Å²) in [4.78, 5) is 15.4. The molecular weight excluding hydrogens is 326 g/mol. The van der Waals surface area contributed by atoms with Crippen LogP contribution in [0.3, 0.4) is 0 Å². The zero-order valence-corrected chi connectivity index (χ0v) is 13.9. The van der Waals surface area contributed by atoms with E-state index in [0.717, 1.165) is 36.4 Å². The highest BCUT2D eigenvalue weighted by Gasteiger charge is 2.27. The first kappa shape index (κ1) is 15.1. The Morgan fingerprint density at radius 2 is 2.17 bits per heavy atom. The van der Waals surface area contributed by atoms with E-state index >= 15 is 0 Å². The van der Waals surface area contributed by atoms with Gasteiger partial charge in [-0.15, -0.1) is 21.5 Å². The maximum atomic E-state index is 12.3. The molecule has 0 unspecified atom stereocenters. The highest BCUT2D eigenvalue weighted by atomic mass is 32.1. The smallest absolute Gasteiger partial charge is 0.250 e. The summed E-state index contributed by atoms with van der Waals surface area (Å²) in [5.41, 5.74) is 0.789. The lowest BCUT2D eigenvalue weighted by molar-refractivity contribution is -0.131. The maximum Gasteiger partial charge on any atom is 0.250 e. The van der Waals surface area contributed by atoms with E-state index in [4.69, 9.17) is 8.83 Å². The van der Waals surface area contributed by atoms with Crippen LogP contribution in [0.4, 0.5) is 0 Å². The number of carbonyl (C=O) groups is 1. The Hall–Kier alpha value is -2.41. The number of amides is 1. The number of furan rings is 1. The molecule has 3 aromatic heterocycles. The van der Waals surface area contributed by atoms with Crippen LogP contribution in [0.2, 0.25) is 0 Å². The van der Waals surface area contributed by atoms with E-state index in [0.29, 0.717) is 18.2 Å². The molecule has 1 saturated heterocycles. The van der Waals surface area contributed by atoms with E-state index in [-0.39, 0.29) is 11.8 Å². The number of thiophene rings is 1. The second-order valence-electron chi connectivity index (χ2n) is 5.87. The third kappa shape index (κ3) is 3.12. The summed E-state index contributed by atoms with van der Waals surface area (Å²) in [6.45, 7) is 1.47. The zero-order chi connectivity index (χ0) is 16.4. The molecule has 4 heterocycles. The van der Waals surface area contributed by atoms with Crippen LogP contribution in [-0.2, 0) is 11.2 Å². The molecule has 3 aromatic rings. The molecule has 0 saturated carbocycles. The summed E-state index contributed by atoms with van der Waals surface area (Å²) in [6.07, 6.45) is 5.36. The molecule has 0 aliphatic carbocycles. The van der Waals surface area contributed by atoms with Crippen LogP contribution in [0.5, 0.6) is 0 Å². The number of rotatable bonds is 4. The van der Waals surface area contributed by atoms with E-state index < -0.39 is 0 Å². The topological polar surface area (TPSA) is 72.4 Å². The van der Waals surface area contributed by atoms with Gasteiger partial charge in [0.05, 0.1) is 18.2 Å². The standard InChI is InChI=1S/C17H17N3O3S/c21-15(10-14-2-1-9-24-14)20-6-3-12(4-7-20)16-18-19-17(23-16)13-5-8-22-11-13/h1-2,5,8-9,11-12H,3-4,6-7,10H2. The molecule has 0 N–H and O–H groups in total. The Labute approximate surface area is 143 Å². The normalized spacial score (nSPS) is 15.8. The summed E-state index contributed by atoms with van der Waals surface area (Å²) in [5.74, 6) is 1.54. The molecule has 1 aliphatic rings. The van der Waals surface area contributed by atoms with Crippen LogP contribution in [0.15, 0.2) is 44.9 Å². The number of hydrogen-bond acceptors (Lipinski definition) is 6. The second-order valence-corrected chi connectivity index (χ2v) is 6.90. The summed E-state index contributed by atoms with van der Waals surface area (Å²) in [5, 5.41) is 10.3. The lowest BCUT2D eigenvalue weighted by atomic mass is 9.96. The first-order chi connectivity index (χ1) is 11.8. The largest absolute Gasteiger partial charge is 0.472 e. The van der Waals surface area contributed by atoms with Gasteiger partial charge in [0.2, 0.25) is 11.8 Å². The van der Waals surface area contributed by atoms with Crippen molar-refractivity contribution in [2.75, 3.05) is 13.1 Å². The number of aromatic nitrogens is 2. The van der Waals surface area contributed by atoms with Crippen LogP contribution < -0.4 is 0 Å². The molecule has 6 nitrogen and oxygen atoms in total. The Morgan fingerprint density at radius 3 is 2.88 bits per heavy atom. The first-order valence-corrected chi connectivity index (χ1v) is 8.83. The van der Waals surface area contributed by atoms with Gasteiger partial charge < -0.3 is 13.7 Å². The van der Waals surface area contributed by atoms with Crippen molar-refractivity contribution in [3.8, 4) is 11.5 Å². The monoisotopic (exact) mass is 343 g/mol. The predicted molar refractivity (Wildman–Crippen MR) is 88.6 cm³/mol. The van der Waals surface area contributed by atoms with Crippen molar-refractivity contribution in [1.82, 2.24) is 15.1 Å². The molecule has 0 radical (unpaired) electrons. The highest BCUT2D eigenvalue weighted by Crippen LogP contribution is 2.29. The van der Waals surface area contributed by atoms with Gasteiger partial charge in [0, 0.05) is 23.9 Å². The average molecular weight is 343 g/mol. The van der Waals surface area contributed by atoms with Crippen molar-refractivity contribution >= 4 is 17.2 Å². The molecular formula is C17H17N3O3S. The Morgan fingerprint density at radius 1 is 1.29 bits per heavy atom. The summed E-state index contributed by atoms with van der Waals surface area (Å²) in [7, 11) is 0. The quantitative estimate of drug-likeness (QED) is 0.726. The lowest BCUT2D eigenvalue weighted by Gasteiger charge is -2.30. The van der Waals surface area contributed by atoms with Gasteiger partial charge in [-0.25, -0.2) is 0 Å². The van der Waals surface area contributed by atoms with Gasteiger partial charge in [0.15, 0.2) is 0 Å². The van der Waals surface area contributed by atoms with Crippen LogP contribution in [0, 0.1) is 0 Å². The van der Waals surface area contributed by atoms with E-state index in [1.165, 1.54) is 0 Å². The van der Waals surface area contributed by atoms with Gasteiger partial charge in [-0.1, -0.05) is 6.07 Å². The molecule has 24 heavy (non-hydrogen) atoms. The SMILES string of the molecule is O=C(Cc1cccs1)N1CCC(c2nnc(-c3ccoc3)o2)CC1. The minimum Gasteiger partial charge on any atom is -0.472 e. The molecule has 0 aromatic carbocycles. The van der Waals surface area contributed by atoms with Gasteiger partial charge in [-0.2, -0.15) is 0 Å². The minimum atomic E-state index is 0.195. The fourth-order valence-electron chi connectivity index (χ4n) is 2.95. The molecule has 0 atom stereocenters.